The van der Waals surface area contributed by atoms with E-state index < -0.39 is 11.2 Å². The average Bonchev–Trinajstić information content (AvgIpc) is 1.64. The Hall–Kier alpha value is -0.190. The summed E-state index contributed by atoms with van der Waals surface area (Å²) in [5, 5.41) is 8.18. The fraction of sp³-hybridized carbons (Fsp3) is 0.800. The molecule has 0 aromatic rings. The van der Waals surface area contributed by atoms with Crippen molar-refractivity contribution in [3.8, 4) is 0 Å². The highest BCUT2D eigenvalue weighted by atomic mass is 32.1. The minimum atomic E-state index is -0.954. The summed E-state index contributed by atoms with van der Waals surface area (Å²) < 4.78 is 0. The van der Waals surface area contributed by atoms with Crippen molar-refractivity contribution >= 4 is 17.7 Å². The average molecular weight is 151 g/mol. The summed E-state index contributed by atoms with van der Waals surface area (Å²) in [4.78, 5) is 10.1. The molecule has 0 aromatic carbocycles. The zero-order valence-corrected chi connectivity index (χ0v) is 6.73. The minimum Gasteiger partial charge on any atom is -0.739 e. The lowest BCUT2D eigenvalue weighted by Crippen LogP contribution is -2.23. The normalized spacial score (nSPS) is 12.4. The van der Waals surface area contributed by atoms with E-state index in [0.29, 0.717) is 0 Å². The minimum absolute atomic E-state index is 0. The summed E-state index contributed by atoms with van der Waals surface area (Å²) in [7, 11) is 0. The van der Waals surface area contributed by atoms with Crippen molar-refractivity contribution in [3.63, 3.8) is 0 Å². The number of aliphatic hydroxyl groups excluding tert-OH is 1. The number of carbonyl (C=O) groups is 1. The van der Waals surface area contributed by atoms with E-state index in [1.807, 2.05) is 0 Å². The van der Waals surface area contributed by atoms with Gasteiger partial charge in [0, 0.05) is 5.12 Å². The molecule has 0 aliphatic carbocycles. The van der Waals surface area contributed by atoms with Crippen LogP contribution in [0.4, 0.5) is 0 Å². The van der Waals surface area contributed by atoms with Crippen LogP contribution in [0.25, 0.3) is 0 Å². The topological polar surface area (TPSA) is 73.8 Å². The van der Waals surface area contributed by atoms with Crippen LogP contribution in [0.15, 0.2) is 0 Å². The largest absolute Gasteiger partial charge is 0.739 e. The Morgan fingerprint density at radius 2 is 1.89 bits per heavy atom. The van der Waals surface area contributed by atoms with Crippen LogP contribution in [0.5, 0.6) is 0 Å². The van der Waals surface area contributed by atoms with E-state index in [0.717, 1.165) is 0 Å². The second kappa shape index (κ2) is 4.67. The lowest BCUT2D eigenvalue weighted by molar-refractivity contribution is -0.120. The fourth-order valence-corrected chi connectivity index (χ4v) is 0.544. The van der Waals surface area contributed by atoms with Gasteiger partial charge in [0.25, 0.3) is 0 Å². The van der Waals surface area contributed by atoms with Crippen LogP contribution >= 0.6 is 0 Å². The summed E-state index contributed by atoms with van der Waals surface area (Å²) in [6.07, 6.45) is -0.954. The Kier molecular flexibility index (Phi) is 6.01. The van der Waals surface area contributed by atoms with Crippen LogP contribution in [-0.2, 0) is 17.4 Å². The first kappa shape index (κ1) is 11.6. The van der Waals surface area contributed by atoms with Crippen molar-refractivity contribution in [2.24, 2.45) is 5.92 Å². The van der Waals surface area contributed by atoms with Crippen molar-refractivity contribution in [2.75, 3.05) is 0 Å². The summed E-state index contributed by atoms with van der Waals surface area (Å²) in [6.45, 7) is 3.49. The molecule has 0 saturated carbocycles. The van der Waals surface area contributed by atoms with E-state index in [1.165, 1.54) is 0 Å². The fourth-order valence-electron chi connectivity index (χ4n) is 0.272. The first-order valence-electron chi connectivity index (χ1n) is 2.44. The van der Waals surface area contributed by atoms with E-state index in [-0.39, 0.29) is 12.1 Å². The molecular formula is C5H13NO2S. The summed E-state index contributed by atoms with van der Waals surface area (Å²) in [5.74, 6) is -0.0556. The Bertz CT molecular complexity index is 95.0. The predicted octanol–water partition coefficient (Wildman–Crippen LogP) is 0.453. The van der Waals surface area contributed by atoms with E-state index in [9.17, 15) is 4.79 Å². The molecular weight excluding hydrogens is 138 g/mol. The van der Waals surface area contributed by atoms with Crippen LogP contribution in [0.1, 0.15) is 13.8 Å². The standard InChI is InChI=1S/C5H10O2S.H3N/c1-3(2)4(6)5(7)8;/h3-4,6H,1-2H3,(H,7,8);1H3. The quantitative estimate of drug-likeness (QED) is 0.563. The van der Waals surface area contributed by atoms with Crippen molar-refractivity contribution in [1.82, 2.24) is 6.15 Å². The molecule has 0 amide bonds. The highest BCUT2D eigenvalue weighted by Gasteiger charge is 2.07. The molecule has 0 rings (SSSR count). The second-order valence-corrected chi connectivity index (χ2v) is 2.41. The number of quaternary nitrogens is 1. The molecule has 9 heavy (non-hydrogen) atoms. The van der Waals surface area contributed by atoms with Crippen molar-refractivity contribution in [3.05, 3.63) is 0 Å². The van der Waals surface area contributed by atoms with Crippen molar-refractivity contribution in [2.45, 2.75) is 20.0 Å². The Morgan fingerprint density at radius 3 is 1.89 bits per heavy atom. The predicted molar refractivity (Wildman–Crippen MR) is 39.2 cm³/mol. The van der Waals surface area contributed by atoms with Gasteiger partial charge in [-0.15, -0.1) is 0 Å². The molecule has 56 valence electrons. The summed E-state index contributed by atoms with van der Waals surface area (Å²) >= 11 is 4.19. The smallest absolute Gasteiger partial charge is 0.0929 e. The molecule has 1 atom stereocenters. The summed E-state index contributed by atoms with van der Waals surface area (Å²) in [6, 6.07) is 0. The van der Waals surface area contributed by atoms with Gasteiger partial charge in [-0.05, 0) is 5.92 Å². The first-order valence-corrected chi connectivity index (χ1v) is 2.85. The number of hydrogen-bond acceptors (Lipinski definition) is 3. The van der Waals surface area contributed by atoms with Gasteiger partial charge >= 0.3 is 0 Å². The van der Waals surface area contributed by atoms with Gasteiger partial charge in [-0.25, -0.2) is 0 Å². The van der Waals surface area contributed by atoms with E-state index >= 15 is 0 Å². The molecule has 0 heterocycles. The van der Waals surface area contributed by atoms with Gasteiger partial charge in [0.1, 0.15) is 0 Å². The Balaban J connectivity index is 0. The van der Waals surface area contributed by atoms with Crippen LogP contribution in [0.3, 0.4) is 0 Å². The molecule has 1 unspecified atom stereocenters. The zero-order valence-electron chi connectivity index (χ0n) is 5.92. The Morgan fingerprint density at radius 1 is 1.56 bits per heavy atom. The summed E-state index contributed by atoms with van der Waals surface area (Å²) in [5.41, 5.74) is 0. The highest BCUT2D eigenvalue weighted by Crippen LogP contribution is 1.99. The third-order valence-electron chi connectivity index (χ3n) is 0.873. The van der Waals surface area contributed by atoms with Crippen molar-refractivity contribution in [1.29, 1.82) is 0 Å². The molecule has 5 N–H and O–H groups in total. The molecule has 0 fully saturated rings. The van der Waals surface area contributed by atoms with E-state index in [2.05, 4.69) is 12.6 Å². The molecule has 0 bridgehead atoms. The van der Waals surface area contributed by atoms with Gasteiger partial charge in [0.2, 0.25) is 0 Å². The Labute approximate surface area is 60.4 Å². The van der Waals surface area contributed by atoms with Crippen LogP contribution < -0.4 is 6.15 Å². The highest BCUT2D eigenvalue weighted by molar-refractivity contribution is 7.77. The second-order valence-electron chi connectivity index (χ2n) is 2.01. The molecule has 0 aliphatic rings. The third-order valence-corrected chi connectivity index (χ3v) is 1.11. The first-order chi connectivity index (χ1) is 3.55. The number of hydrogen-bond donors (Lipinski definition) is 2. The number of carbonyl (C=O) groups excluding carboxylic acids is 1. The molecule has 3 nitrogen and oxygen atoms in total. The lowest BCUT2D eigenvalue weighted by Gasteiger charge is -2.15. The molecule has 0 spiro atoms. The monoisotopic (exact) mass is 151 g/mol. The van der Waals surface area contributed by atoms with Crippen LogP contribution in [-0.4, -0.2) is 16.3 Å². The van der Waals surface area contributed by atoms with E-state index in [4.69, 9.17) is 5.11 Å². The zero-order chi connectivity index (χ0) is 6.73. The van der Waals surface area contributed by atoms with Crippen molar-refractivity contribution < 1.29 is 9.90 Å². The van der Waals surface area contributed by atoms with Crippen LogP contribution in [0.2, 0.25) is 0 Å². The SMILES string of the molecule is CC(C)C(O)C(=O)[S-].[NH4+]. The number of aliphatic hydroxyl groups is 1. The van der Waals surface area contributed by atoms with Gasteiger partial charge in [-0.2, -0.15) is 0 Å². The maximum absolute atomic E-state index is 10.1. The van der Waals surface area contributed by atoms with Gasteiger partial charge < -0.3 is 28.7 Å². The van der Waals surface area contributed by atoms with E-state index in [1.54, 1.807) is 13.8 Å². The maximum Gasteiger partial charge on any atom is 0.0929 e. The van der Waals surface area contributed by atoms with Gasteiger partial charge in [0.05, 0.1) is 6.10 Å². The molecule has 0 aromatic heterocycles. The van der Waals surface area contributed by atoms with Gasteiger partial charge in [-0.1, -0.05) is 13.8 Å². The van der Waals surface area contributed by atoms with Crippen LogP contribution in [0, 0.1) is 5.92 Å². The third kappa shape index (κ3) is 4.32. The molecule has 0 aliphatic heterocycles. The van der Waals surface area contributed by atoms with Gasteiger partial charge in [-0.3, -0.25) is 0 Å². The number of rotatable bonds is 2. The molecule has 0 saturated heterocycles. The van der Waals surface area contributed by atoms with Gasteiger partial charge in [0.15, 0.2) is 0 Å². The molecule has 0 radical (unpaired) electrons. The maximum atomic E-state index is 10.1. The molecule has 4 heteroatoms. The lowest BCUT2D eigenvalue weighted by atomic mass is 10.1.